The SMILES string of the molecule is C[C@@H]1C2CC(C2)N(C(=O)c2cc(C#N)ccc2-n2nccn2)[C@@H]1CNc1nc2ccc(F)cc2s1. The van der Waals surface area contributed by atoms with E-state index in [0.717, 1.165) is 23.1 Å². The number of carbonyl (C=O) groups is 1. The number of nitrogens with zero attached hydrogens (tertiary/aromatic N) is 6. The highest BCUT2D eigenvalue weighted by Gasteiger charge is 2.50. The van der Waals surface area contributed by atoms with Crippen LogP contribution in [0.5, 0.6) is 0 Å². The van der Waals surface area contributed by atoms with Gasteiger partial charge in [-0.1, -0.05) is 18.3 Å². The molecule has 10 heteroatoms. The van der Waals surface area contributed by atoms with Crippen molar-refractivity contribution < 1.29 is 9.18 Å². The standard InChI is InChI=1S/C25H22FN7OS/c1-14-16-9-18(10-16)32(22(14)13-28-25-31-20-4-3-17(26)11-23(20)35-25)24(34)19-8-15(12-27)2-5-21(19)33-29-6-7-30-33/h2-8,11,14,16,18,22H,9-10,13H2,1H3,(H,28,31)/t14-,16?,18?,22-/m1/s1. The van der Waals surface area contributed by atoms with E-state index in [-0.39, 0.29) is 23.8 Å². The molecule has 3 fully saturated rings. The Morgan fingerprint density at radius 3 is 2.80 bits per heavy atom. The van der Waals surface area contributed by atoms with E-state index in [1.54, 1.807) is 36.7 Å². The molecule has 0 spiro atoms. The average molecular weight is 488 g/mol. The number of fused-ring (bicyclic) bond motifs is 3. The van der Waals surface area contributed by atoms with Gasteiger partial charge in [-0.25, -0.2) is 9.37 Å². The summed E-state index contributed by atoms with van der Waals surface area (Å²) in [5.74, 6) is 0.474. The molecule has 0 radical (unpaired) electrons. The van der Waals surface area contributed by atoms with Crippen LogP contribution in [-0.2, 0) is 0 Å². The fraction of sp³-hybridized carbons (Fsp3) is 0.320. The molecule has 4 heterocycles. The summed E-state index contributed by atoms with van der Waals surface area (Å²) in [5.41, 5.74) is 2.12. The number of hydrogen-bond donors (Lipinski definition) is 1. The van der Waals surface area contributed by atoms with E-state index in [2.05, 4.69) is 33.5 Å². The molecule has 2 aromatic carbocycles. The normalized spacial score (nSPS) is 23.1. The first-order valence-electron chi connectivity index (χ1n) is 11.6. The van der Waals surface area contributed by atoms with Crippen molar-refractivity contribution in [3.8, 4) is 11.8 Å². The van der Waals surface area contributed by atoms with Gasteiger partial charge in [0.2, 0.25) is 0 Å². The highest BCUT2D eigenvalue weighted by atomic mass is 32.1. The van der Waals surface area contributed by atoms with Crippen molar-refractivity contribution >= 4 is 32.6 Å². The fourth-order valence-electron chi connectivity index (χ4n) is 5.32. The van der Waals surface area contributed by atoms with Crippen LogP contribution >= 0.6 is 11.3 Å². The number of anilines is 1. The van der Waals surface area contributed by atoms with Crippen molar-refractivity contribution in [2.24, 2.45) is 11.8 Å². The molecule has 35 heavy (non-hydrogen) atoms. The number of aromatic nitrogens is 4. The third-order valence-electron chi connectivity index (χ3n) is 7.29. The molecule has 2 aliphatic heterocycles. The van der Waals surface area contributed by atoms with Gasteiger partial charge in [-0.15, -0.1) is 0 Å². The summed E-state index contributed by atoms with van der Waals surface area (Å²) in [6.07, 6.45) is 5.08. The van der Waals surface area contributed by atoms with Gasteiger partial charge in [-0.05, 0) is 61.1 Å². The first kappa shape index (κ1) is 21.7. The molecule has 176 valence electrons. The second-order valence-corrected chi connectivity index (χ2v) is 10.2. The molecule has 8 nitrogen and oxygen atoms in total. The van der Waals surface area contributed by atoms with Crippen molar-refractivity contribution in [2.45, 2.75) is 31.8 Å². The van der Waals surface area contributed by atoms with Crippen LogP contribution in [0.1, 0.15) is 35.7 Å². The second kappa shape index (κ2) is 8.43. The summed E-state index contributed by atoms with van der Waals surface area (Å²) in [6.45, 7) is 2.73. The molecule has 7 rings (SSSR count). The van der Waals surface area contributed by atoms with E-state index in [1.165, 1.54) is 28.3 Å². The summed E-state index contributed by atoms with van der Waals surface area (Å²) in [5, 5.41) is 22.0. The van der Waals surface area contributed by atoms with E-state index in [4.69, 9.17) is 0 Å². The monoisotopic (exact) mass is 487 g/mol. The zero-order chi connectivity index (χ0) is 24.1. The van der Waals surface area contributed by atoms with Crippen LogP contribution in [0.3, 0.4) is 0 Å². The fourth-order valence-corrected chi connectivity index (χ4v) is 6.22. The van der Waals surface area contributed by atoms with E-state index < -0.39 is 0 Å². The Hall–Kier alpha value is -3.84. The van der Waals surface area contributed by atoms with Crippen molar-refractivity contribution in [3.63, 3.8) is 0 Å². The van der Waals surface area contributed by atoms with Gasteiger partial charge in [0.1, 0.15) is 5.82 Å². The summed E-state index contributed by atoms with van der Waals surface area (Å²) >= 11 is 1.40. The number of halogens is 1. The molecule has 1 amide bonds. The molecule has 2 bridgehead atoms. The molecule has 0 unspecified atom stereocenters. The van der Waals surface area contributed by atoms with Gasteiger partial charge >= 0.3 is 0 Å². The maximum atomic E-state index is 14.0. The van der Waals surface area contributed by atoms with Crippen LogP contribution in [-0.4, -0.2) is 49.4 Å². The van der Waals surface area contributed by atoms with Gasteiger partial charge in [0.15, 0.2) is 5.13 Å². The predicted molar refractivity (Wildman–Crippen MR) is 130 cm³/mol. The van der Waals surface area contributed by atoms with Gasteiger partial charge in [-0.2, -0.15) is 20.3 Å². The van der Waals surface area contributed by atoms with Crippen LogP contribution in [0, 0.1) is 29.0 Å². The Morgan fingerprint density at radius 1 is 1.23 bits per heavy atom. The summed E-state index contributed by atoms with van der Waals surface area (Å²) < 4.78 is 14.4. The zero-order valence-corrected chi connectivity index (χ0v) is 19.7. The van der Waals surface area contributed by atoms with Gasteiger partial charge in [0.05, 0.1) is 51.5 Å². The summed E-state index contributed by atoms with van der Waals surface area (Å²) in [6, 6.07) is 11.8. The number of hydrogen-bond acceptors (Lipinski definition) is 7. The largest absolute Gasteiger partial charge is 0.359 e. The first-order chi connectivity index (χ1) is 17.0. The quantitative estimate of drug-likeness (QED) is 0.452. The number of thiazole rings is 1. The van der Waals surface area contributed by atoms with Gasteiger partial charge < -0.3 is 10.2 Å². The van der Waals surface area contributed by atoms with E-state index in [0.29, 0.717) is 40.3 Å². The van der Waals surface area contributed by atoms with Crippen LogP contribution in [0.2, 0.25) is 0 Å². The molecular formula is C25H22FN7OS. The van der Waals surface area contributed by atoms with Crippen molar-refractivity contribution in [3.05, 3.63) is 65.7 Å². The molecule has 1 saturated carbocycles. The topological polar surface area (TPSA) is 99.7 Å². The number of benzene rings is 2. The molecule has 2 atom stereocenters. The van der Waals surface area contributed by atoms with E-state index in [9.17, 15) is 14.4 Å². The van der Waals surface area contributed by atoms with Crippen molar-refractivity contribution in [1.82, 2.24) is 24.9 Å². The Balaban J connectivity index is 1.31. The van der Waals surface area contributed by atoms with Crippen LogP contribution < -0.4 is 5.32 Å². The maximum absolute atomic E-state index is 14.0. The first-order valence-corrected chi connectivity index (χ1v) is 12.4. The predicted octanol–water partition coefficient (Wildman–Crippen LogP) is 4.24. The van der Waals surface area contributed by atoms with Crippen LogP contribution in [0.25, 0.3) is 15.9 Å². The molecule has 4 aromatic rings. The number of amides is 1. The van der Waals surface area contributed by atoms with Crippen LogP contribution in [0.4, 0.5) is 9.52 Å². The zero-order valence-electron chi connectivity index (χ0n) is 18.9. The average Bonchev–Trinajstić information content (AvgIpc) is 3.51. The number of carbonyl (C=O) groups excluding carboxylic acids is 1. The summed E-state index contributed by atoms with van der Waals surface area (Å²) in [4.78, 5) is 22.0. The number of nitrogens with one attached hydrogen (secondary N) is 1. The lowest BCUT2D eigenvalue weighted by atomic mass is 9.64. The minimum atomic E-state index is -0.285. The minimum Gasteiger partial charge on any atom is -0.359 e. The Morgan fingerprint density at radius 2 is 2.03 bits per heavy atom. The second-order valence-electron chi connectivity index (χ2n) is 9.20. The molecule has 2 saturated heterocycles. The van der Waals surface area contributed by atoms with Gasteiger partial charge in [0, 0.05) is 12.6 Å². The van der Waals surface area contributed by atoms with Crippen molar-refractivity contribution in [2.75, 3.05) is 11.9 Å². The molecule has 2 aromatic heterocycles. The van der Waals surface area contributed by atoms with Crippen molar-refractivity contribution in [1.29, 1.82) is 5.26 Å². The van der Waals surface area contributed by atoms with E-state index >= 15 is 0 Å². The molecule has 1 aliphatic carbocycles. The third kappa shape index (κ3) is 3.72. The van der Waals surface area contributed by atoms with Gasteiger partial charge in [0.25, 0.3) is 5.91 Å². The smallest absolute Gasteiger partial charge is 0.256 e. The van der Waals surface area contributed by atoms with Crippen LogP contribution in [0.15, 0.2) is 48.8 Å². The summed E-state index contributed by atoms with van der Waals surface area (Å²) in [7, 11) is 0. The minimum absolute atomic E-state index is 0.0482. The Bertz CT molecular complexity index is 1450. The number of piperidine rings is 2. The highest BCUT2D eigenvalue weighted by Crippen LogP contribution is 2.47. The molecule has 3 aliphatic rings. The highest BCUT2D eigenvalue weighted by molar-refractivity contribution is 7.22. The third-order valence-corrected chi connectivity index (χ3v) is 8.26. The lowest BCUT2D eigenvalue weighted by Gasteiger charge is -2.57. The Labute approximate surface area is 205 Å². The maximum Gasteiger partial charge on any atom is 0.256 e. The Kier molecular flexibility index (Phi) is 5.22. The number of nitriles is 1. The number of rotatable bonds is 5. The lowest BCUT2D eigenvalue weighted by molar-refractivity contribution is -0.0502. The lowest BCUT2D eigenvalue weighted by Crippen LogP contribution is -2.64. The van der Waals surface area contributed by atoms with E-state index in [1.807, 2.05) is 4.90 Å². The van der Waals surface area contributed by atoms with Gasteiger partial charge in [-0.3, -0.25) is 4.79 Å². The molecular weight excluding hydrogens is 465 g/mol. The molecule has 1 N–H and O–H groups in total.